The number of nitrogens with zero attached hydrogens (tertiary/aromatic N) is 3. The lowest BCUT2D eigenvalue weighted by molar-refractivity contribution is -0.116. The van der Waals surface area contributed by atoms with Crippen LogP contribution in [-0.4, -0.2) is 15.0 Å². The fraction of sp³-hybridized carbons (Fsp3) is 0.250. The quantitative estimate of drug-likeness (QED) is 0.892. The predicted molar refractivity (Wildman–Crippen MR) is 83.0 cm³/mol. The highest BCUT2D eigenvalue weighted by Gasteiger charge is 2.23. The van der Waals surface area contributed by atoms with Crippen LogP contribution >= 0.6 is 0 Å². The predicted octanol–water partition coefficient (Wildman–Crippen LogP) is 0.606. The van der Waals surface area contributed by atoms with E-state index in [1.54, 1.807) is 0 Å². The molecule has 0 radical (unpaired) electrons. The van der Waals surface area contributed by atoms with Crippen molar-refractivity contribution >= 4 is 11.6 Å². The maximum atomic E-state index is 12.9. The molecule has 24 heavy (non-hydrogen) atoms. The number of carbonyl (C=O) groups excluding carboxylic acids is 1. The monoisotopic (exact) mass is 328 g/mol. The summed E-state index contributed by atoms with van der Waals surface area (Å²) in [6, 6.07) is 6.92. The van der Waals surface area contributed by atoms with Gasteiger partial charge in [0.05, 0.1) is 0 Å². The first-order chi connectivity index (χ1) is 11.5. The summed E-state index contributed by atoms with van der Waals surface area (Å²) in [6.07, 6.45) is 1.17. The van der Waals surface area contributed by atoms with E-state index in [1.165, 1.54) is 28.8 Å². The van der Waals surface area contributed by atoms with Crippen LogP contribution < -0.4 is 16.6 Å². The number of hydrogen-bond donors (Lipinski definition) is 1. The molecule has 2 aromatic rings. The molecule has 1 N–H and O–H groups in total. The van der Waals surface area contributed by atoms with Gasteiger partial charge < -0.3 is 5.32 Å². The van der Waals surface area contributed by atoms with Crippen molar-refractivity contribution in [3.05, 3.63) is 62.2 Å². The van der Waals surface area contributed by atoms with Gasteiger partial charge in [0.15, 0.2) is 0 Å². The van der Waals surface area contributed by atoms with Crippen LogP contribution in [0.25, 0.3) is 0 Å². The molecule has 7 nitrogen and oxygen atoms in total. The van der Waals surface area contributed by atoms with Crippen molar-refractivity contribution < 1.29 is 9.18 Å². The van der Waals surface area contributed by atoms with Crippen molar-refractivity contribution in [2.24, 2.45) is 0 Å². The molecular formula is C16H13FN4O3. The number of amides is 1. The summed E-state index contributed by atoms with van der Waals surface area (Å²) in [5, 5.41) is 11.7. The average molecular weight is 328 g/mol. The molecule has 1 aliphatic rings. The van der Waals surface area contributed by atoms with Crippen molar-refractivity contribution in [1.29, 1.82) is 5.26 Å². The van der Waals surface area contributed by atoms with Crippen LogP contribution in [0, 0.1) is 17.1 Å². The molecule has 0 bridgehead atoms. The molecule has 3 rings (SSSR count). The number of nitriles is 1. The van der Waals surface area contributed by atoms with Gasteiger partial charge in [-0.25, -0.2) is 13.8 Å². The number of aromatic nitrogens is 2. The highest BCUT2D eigenvalue weighted by atomic mass is 19.1. The van der Waals surface area contributed by atoms with E-state index in [4.69, 9.17) is 0 Å². The van der Waals surface area contributed by atoms with Crippen molar-refractivity contribution in [1.82, 2.24) is 9.13 Å². The van der Waals surface area contributed by atoms with Gasteiger partial charge in [-0.05, 0) is 37.1 Å². The number of halogens is 1. The highest BCUT2D eigenvalue weighted by molar-refractivity contribution is 5.90. The lowest BCUT2D eigenvalue weighted by atomic mass is 10.2. The Balaban J connectivity index is 1.92. The fourth-order valence-corrected chi connectivity index (χ4v) is 2.77. The molecule has 0 unspecified atom stereocenters. The third kappa shape index (κ3) is 2.72. The van der Waals surface area contributed by atoms with Crippen LogP contribution in [0.15, 0.2) is 33.9 Å². The van der Waals surface area contributed by atoms with Gasteiger partial charge in [-0.3, -0.25) is 14.2 Å². The van der Waals surface area contributed by atoms with E-state index in [2.05, 4.69) is 5.32 Å². The highest BCUT2D eigenvalue weighted by Crippen LogP contribution is 2.13. The van der Waals surface area contributed by atoms with Gasteiger partial charge in [0.2, 0.25) is 5.91 Å². The Kier molecular flexibility index (Phi) is 4.00. The Hall–Kier alpha value is -3.21. The maximum absolute atomic E-state index is 12.9. The second-order valence-electron chi connectivity index (χ2n) is 5.42. The molecule has 8 heteroatoms. The molecular weight excluding hydrogens is 315 g/mol. The second kappa shape index (κ2) is 6.12. The number of anilines is 1. The number of benzene rings is 1. The van der Waals surface area contributed by atoms with Gasteiger partial charge >= 0.3 is 5.69 Å². The number of rotatable bonds is 3. The molecule has 0 fully saturated rings. The number of fused-ring (bicyclic) bond motifs is 1. The van der Waals surface area contributed by atoms with Crippen molar-refractivity contribution in [2.75, 3.05) is 5.32 Å². The van der Waals surface area contributed by atoms with Crippen molar-refractivity contribution in [3.63, 3.8) is 0 Å². The zero-order valence-electron chi connectivity index (χ0n) is 12.6. The van der Waals surface area contributed by atoms with Crippen molar-refractivity contribution in [3.8, 4) is 6.07 Å². The summed E-state index contributed by atoms with van der Waals surface area (Å²) in [5.74, 6) is -1.05. The minimum absolute atomic E-state index is 0.0957. The molecule has 2 heterocycles. The first-order valence-electron chi connectivity index (χ1n) is 7.33. The van der Waals surface area contributed by atoms with Gasteiger partial charge in [0.25, 0.3) is 5.56 Å². The first-order valence-corrected chi connectivity index (χ1v) is 7.33. The van der Waals surface area contributed by atoms with Gasteiger partial charge in [0.1, 0.15) is 24.0 Å². The van der Waals surface area contributed by atoms with Gasteiger partial charge in [-0.1, -0.05) is 0 Å². The third-order valence-electron chi connectivity index (χ3n) is 3.87. The largest absolute Gasteiger partial charge is 0.331 e. The zero-order valence-corrected chi connectivity index (χ0v) is 12.6. The molecule has 1 aromatic carbocycles. The normalized spacial score (nSPS) is 12.5. The Bertz CT molecular complexity index is 967. The summed E-state index contributed by atoms with van der Waals surface area (Å²) < 4.78 is 15.0. The molecule has 0 saturated heterocycles. The van der Waals surface area contributed by atoms with Crippen LogP contribution in [0.3, 0.4) is 0 Å². The second-order valence-corrected chi connectivity index (χ2v) is 5.42. The van der Waals surface area contributed by atoms with E-state index < -0.39 is 29.5 Å². The van der Waals surface area contributed by atoms with Crippen molar-refractivity contribution in [2.45, 2.75) is 25.9 Å². The smallest absolute Gasteiger partial charge is 0.325 e. The summed E-state index contributed by atoms with van der Waals surface area (Å²) in [5.41, 5.74) is -0.675. The van der Waals surface area contributed by atoms with E-state index in [0.29, 0.717) is 30.8 Å². The van der Waals surface area contributed by atoms with E-state index >= 15 is 0 Å². The van der Waals surface area contributed by atoms with Gasteiger partial charge in [-0.2, -0.15) is 5.26 Å². The molecule has 0 spiro atoms. The van der Waals surface area contributed by atoms with Crippen LogP contribution in [0.4, 0.5) is 10.1 Å². The molecule has 0 atom stereocenters. The molecule has 0 aliphatic carbocycles. The van der Waals surface area contributed by atoms with E-state index in [9.17, 15) is 24.0 Å². The number of carbonyl (C=O) groups is 1. The SMILES string of the molecule is N#Cc1c2n(c(=O)n(CC(=O)Nc3ccc(F)cc3)c1=O)CCC2. The van der Waals surface area contributed by atoms with Crippen LogP contribution in [0.5, 0.6) is 0 Å². The summed E-state index contributed by atoms with van der Waals surface area (Å²) in [6.45, 7) is -0.0906. The maximum Gasteiger partial charge on any atom is 0.331 e. The summed E-state index contributed by atoms with van der Waals surface area (Å²) >= 11 is 0. The van der Waals surface area contributed by atoms with E-state index in [0.717, 1.165) is 4.57 Å². The Morgan fingerprint density at radius 1 is 1.29 bits per heavy atom. The first kappa shape index (κ1) is 15.7. The van der Waals surface area contributed by atoms with E-state index in [1.807, 2.05) is 6.07 Å². The summed E-state index contributed by atoms with van der Waals surface area (Å²) in [7, 11) is 0. The van der Waals surface area contributed by atoms with Crippen LogP contribution in [0.1, 0.15) is 17.7 Å². The topological polar surface area (TPSA) is 96.9 Å². The minimum atomic E-state index is -0.759. The average Bonchev–Trinajstić information content (AvgIpc) is 3.04. The molecule has 0 saturated carbocycles. The number of hydrogen-bond acceptors (Lipinski definition) is 4. The van der Waals surface area contributed by atoms with Gasteiger partial charge in [0, 0.05) is 17.9 Å². The Morgan fingerprint density at radius 3 is 2.67 bits per heavy atom. The molecule has 1 aromatic heterocycles. The van der Waals surface area contributed by atoms with Gasteiger partial charge in [-0.15, -0.1) is 0 Å². The minimum Gasteiger partial charge on any atom is -0.325 e. The van der Waals surface area contributed by atoms with E-state index in [-0.39, 0.29) is 5.56 Å². The zero-order chi connectivity index (χ0) is 17.3. The number of nitrogens with one attached hydrogen (secondary N) is 1. The molecule has 1 aliphatic heterocycles. The van der Waals surface area contributed by atoms with Crippen LogP contribution in [0.2, 0.25) is 0 Å². The van der Waals surface area contributed by atoms with Crippen LogP contribution in [-0.2, 0) is 24.3 Å². The molecule has 122 valence electrons. The Labute approximate surface area is 135 Å². The Morgan fingerprint density at radius 2 is 2.00 bits per heavy atom. The summed E-state index contributed by atoms with van der Waals surface area (Å²) in [4.78, 5) is 36.8. The standard InChI is InChI=1S/C16H13FN4O3/c17-10-3-5-11(6-4-10)19-14(22)9-21-15(23)12(8-18)13-2-1-7-20(13)16(21)24/h3-6H,1-2,7,9H2,(H,19,22). The third-order valence-corrected chi connectivity index (χ3v) is 3.87. The molecule has 1 amide bonds. The fourth-order valence-electron chi connectivity index (χ4n) is 2.77. The lowest BCUT2D eigenvalue weighted by Gasteiger charge is -2.11. The lowest BCUT2D eigenvalue weighted by Crippen LogP contribution is -2.44.